The Morgan fingerprint density at radius 3 is 1.25 bits per heavy atom. The number of hydrogen-bond acceptors (Lipinski definition) is 17. The first-order valence-electron chi connectivity index (χ1n) is 17.4. The van der Waals surface area contributed by atoms with Crippen LogP contribution in [0.15, 0.2) is 42.5 Å². The van der Waals surface area contributed by atoms with Crippen LogP contribution in [-0.2, 0) is 47.4 Å². The highest BCUT2D eigenvalue weighted by molar-refractivity contribution is 5.65. The minimum atomic E-state index is -0.682. The number of nitrogen functional groups attached to an aromatic ring is 1. The molecule has 53 heavy (non-hydrogen) atoms. The maximum absolute atomic E-state index is 11.2. The van der Waals surface area contributed by atoms with E-state index in [-0.39, 0.29) is 30.2 Å². The van der Waals surface area contributed by atoms with Crippen molar-refractivity contribution in [3.05, 3.63) is 62.7 Å². The molecule has 19 heteroatoms. The summed E-state index contributed by atoms with van der Waals surface area (Å²) in [4.78, 5) is 20.6. The van der Waals surface area contributed by atoms with Gasteiger partial charge in [-0.25, -0.2) is 0 Å². The molecule has 0 saturated heterocycles. The highest BCUT2D eigenvalue weighted by Gasteiger charge is 2.19. The molecule has 0 aliphatic rings. The fraction of sp³-hybridized carbons (Fsp3) is 0.647. The summed E-state index contributed by atoms with van der Waals surface area (Å²) in [6.07, 6.45) is 0. The van der Waals surface area contributed by atoms with Crippen LogP contribution in [0.2, 0.25) is 0 Å². The summed E-state index contributed by atoms with van der Waals surface area (Å²) in [5.74, 6) is 0.656. The lowest BCUT2D eigenvalue weighted by Crippen LogP contribution is -2.16. The summed E-state index contributed by atoms with van der Waals surface area (Å²) >= 11 is 0. The number of non-ortho nitro benzene ring substituents is 1. The predicted molar refractivity (Wildman–Crippen MR) is 193 cm³/mol. The van der Waals surface area contributed by atoms with Gasteiger partial charge < -0.3 is 63.2 Å². The van der Waals surface area contributed by atoms with E-state index in [4.69, 9.17) is 57.8 Å². The van der Waals surface area contributed by atoms with Crippen molar-refractivity contribution in [2.45, 2.75) is 0 Å². The maximum Gasteiger partial charge on any atom is 0.299 e. The molecule has 0 radical (unpaired) electrons. The molecule has 0 atom stereocenters. The average Bonchev–Trinajstić information content (AvgIpc) is 3.15. The van der Waals surface area contributed by atoms with Gasteiger partial charge in [-0.05, 0) is 18.2 Å². The molecule has 2 aromatic rings. The molecular weight excluding hydrogens is 704 g/mol. The van der Waals surface area contributed by atoms with Gasteiger partial charge >= 0.3 is 0 Å². The molecule has 0 unspecified atom stereocenters. The van der Waals surface area contributed by atoms with Gasteiger partial charge in [0, 0.05) is 12.6 Å². The molecule has 0 fully saturated rings. The van der Waals surface area contributed by atoms with Crippen molar-refractivity contribution in [2.75, 3.05) is 156 Å². The highest BCUT2D eigenvalue weighted by Crippen LogP contribution is 2.28. The quantitative estimate of drug-likeness (QED) is 0.0437. The second kappa shape index (κ2) is 31.7. The first kappa shape index (κ1) is 45.4. The normalized spacial score (nSPS) is 11.2. The number of nitrogens with one attached hydrogen (secondary N) is 1. The third kappa shape index (κ3) is 24.2. The van der Waals surface area contributed by atoms with Crippen LogP contribution in [-0.4, -0.2) is 155 Å². The number of nitro groups is 2. The van der Waals surface area contributed by atoms with E-state index in [0.29, 0.717) is 144 Å². The summed E-state index contributed by atoms with van der Waals surface area (Å²) in [7, 11) is 0. The number of nitrogens with zero attached hydrogens (tertiary/aromatic N) is 2. The minimum Gasteiger partial charge on any atom is -0.489 e. The molecule has 0 aliphatic heterocycles. The summed E-state index contributed by atoms with van der Waals surface area (Å²) in [5, 5.41) is 24.8. The van der Waals surface area contributed by atoms with Gasteiger partial charge in [0.15, 0.2) is 0 Å². The van der Waals surface area contributed by atoms with E-state index in [0.717, 1.165) is 6.07 Å². The summed E-state index contributed by atoms with van der Waals surface area (Å²) < 4.78 is 60.1. The summed E-state index contributed by atoms with van der Waals surface area (Å²) in [6, 6.07) is 10.8. The monoisotopic (exact) mass is 758 g/mol. The first-order chi connectivity index (χ1) is 26.0. The van der Waals surface area contributed by atoms with Crippen LogP contribution in [0.5, 0.6) is 5.75 Å². The number of ether oxygens (including phenoxy) is 11. The molecule has 0 saturated carbocycles. The van der Waals surface area contributed by atoms with Crippen molar-refractivity contribution in [1.82, 2.24) is 0 Å². The van der Waals surface area contributed by atoms with Crippen LogP contribution >= 0.6 is 0 Å². The summed E-state index contributed by atoms with van der Waals surface area (Å²) in [5.41, 5.74) is 5.89. The lowest BCUT2D eigenvalue weighted by atomic mass is 10.2. The second-order valence-corrected chi connectivity index (χ2v) is 10.7. The zero-order chi connectivity index (χ0) is 38.0. The number of nitrogens with two attached hydrogens (primary N) is 1. The first-order valence-corrected chi connectivity index (χ1v) is 17.4. The van der Waals surface area contributed by atoms with Crippen LogP contribution in [0.1, 0.15) is 0 Å². The third-order valence-corrected chi connectivity index (χ3v) is 6.70. The topological polar surface area (TPSA) is 226 Å². The van der Waals surface area contributed by atoms with E-state index in [1.807, 2.05) is 18.2 Å². The van der Waals surface area contributed by atoms with E-state index >= 15 is 0 Å². The van der Waals surface area contributed by atoms with Crippen molar-refractivity contribution >= 4 is 22.7 Å². The van der Waals surface area contributed by atoms with Crippen LogP contribution in [0, 0.1) is 20.2 Å². The largest absolute Gasteiger partial charge is 0.489 e. The molecular formula is C34H54N4O15. The fourth-order valence-electron chi connectivity index (χ4n) is 4.10. The Bertz CT molecular complexity index is 1230. The number of anilines is 2. The van der Waals surface area contributed by atoms with Gasteiger partial charge in [-0.2, -0.15) is 0 Å². The minimum absolute atomic E-state index is 0.184. The Kier molecular flexibility index (Phi) is 27.2. The van der Waals surface area contributed by atoms with Gasteiger partial charge in [-0.3, -0.25) is 20.2 Å². The van der Waals surface area contributed by atoms with Crippen molar-refractivity contribution < 1.29 is 62.0 Å². The Morgan fingerprint density at radius 2 is 0.868 bits per heavy atom. The Balaban J connectivity index is 1.20. The molecule has 0 bridgehead atoms. The lowest BCUT2D eigenvalue weighted by molar-refractivity contribution is -0.393. The van der Waals surface area contributed by atoms with Crippen molar-refractivity contribution in [2.24, 2.45) is 0 Å². The van der Waals surface area contributed by atoms with Gasteiger partial charge in [0.2, 0.25) is 0 Å². The van der Waals surface area contributed by atoms with Gasteiger partial charge in [0.05, 0.1) is 154 Å². The maximum atomic E-state index is 11.2. The van der Waals surface area contributed by atoms with Crippen molar-refractivity contribution in [1.29, 1.82) is 0 Å². The van der Waals surface area contributed by atoms with Gasteiger partial charge in [-0.1, -0.05) is 12.1 Å². The van der Waals surface area contributed by atoms with Crippen molar-refractivity contribution in [3.63, 3.8) is 0 Å². The van der Waals surface area contributed by atoms with Gasteiger partial charge in [-0.15, -0.1) is 0 Å². The van der Waals surface area contributed by atoms with Crippen LogP contribution in [0.4, 0.5) is 22.7 Å². The number of para-hydroxylation sites is 2. The number of hydrogen-bond donors (Lipinski definition) is 2. The van der Waals surface area contributed by atoms with E-state index in [1.54, 1.807) is 6.07 Å². The molecule has 2 rings (SSSR count). The van der Waals surface area contributed by atoms with E-state index in [2.05, 4.69) is 5.32 Å². The van der Waals surface area contributed by atoms with Crippen LogP contribution < -0.4 is 15.8 Å². The molecule has 0 heterocycles. The molecule has 3 N–H and O–H groups in total. The highest BCUT2D eigenvalue weighted by atomic mass is 16.6. The molecule has 0 aromatic heterocycles. The average molecular weight is 759 g/mol. The molecule has 0 amide bonds. The number of benzene rings is 2. The van der Waals surface area contributed by atoms with Crippen LogP contribution in [0.25, 0.3) is 0 Å². The lowest BCUT2D eigenvalue weighted by Gasteiger charge is -2.10. The molecule has 2 aromatic carbocycles. The Labute approximate surface area is 309 Å². The second-order valence-electron chi connectivity index (χ2n) is 10.7. The SMILES string of the molecule is Nc1ccccc1OCCOCCOCCOCCOCCOCCOCCOCCOCCOCCOCCNc1ccc([N+](=O)[O-])cc1[N+](=O)[O-]. The standard InChI is InChI=1S/C34H54N4O15/c35-31-3-1-2-4-34(31)53-28-27-52-26-25-51-24-23-50-22-21-49-20-19-48-18-17-47-16-15-46-14-13-45-12-11-44-10-9-43-8-7-36-32-6-5-30(37(39)40)29-33(32)38(41)42/h1-6,29,36H,7-28,35H2. The smallest absolute Gasteiger partial charge is 0.299 e. The van der Waals surface area contributed by atoms with E-state index in [9.17, 15) is 20.2 Å². The molecule has 0 spiro atoms. The van der Waals surface area contributed by atoms with Crippen molar-refractivity contribution in [3.8, 4) is 5.75 Å². The zero-order valence-electron chi connectivity index (χ0n) is 30.2. The van der Waals surface area contributed by atoms with E-state index in [1.165, 1.54) is 12.1 Å². The Morgan fingerprint density at radius 1 is 0.491 bits per heavy atom. The predicted octanol–water partition coefficient (Wildman–Crippen LogP) is 2.74. The van der Waals surface area contributed by atoms with E-state index < -0.39 is 9.85 Å². The fourth-order valence-corrected chi connectivity index (χ4v) is 4.10. The Hall–Kier alpha value is -3.76. The molecule has 300 valence electrons. The zero-order valence-corrected chi connectivity index (χ0v) is 30.2. The molecule has 19 nitrogen and oxygen atoms in total. The summed E-state index contributed by atoms with van der Waals surface area (Å²) in [6.45, 7) is 9.48. The van der Waals surface area contributed by atoms with Gasteiger partial charge in [0.25, 0.3) is 11.4 Å². The third-order valence-electron chi connectivity index (χ3n) is 6.70. The number of nitro benzene ring substituents is 2. The van der Waals surface area contributed by atoms with Gasteiger partial charge in [0.1, 0.15) is 18.0 Å². The van der Waals surface area contributed by atoms with Crippen LogP contribution in [0.3, 0.4) is 0 Å². The number of rotatable bonds is 37. The molecule has 0 aliphatic carbocycles.